The summed E-state index contributed by atoms with van der Waals surface area (Å²) < 4.78 is 13.7. The quantitative estimate of drug-likeness (QED) is 0.625. The van der Waals surface area contributed by atoms with Crippen LogP contribution in [0.15, 0.2) is 53.5 Å². The molecule has 2 aromatic heterocycles. The summed E-state index contributed by atoms with van der Waals surface area (Å²) >= 11 is 1.52. The lowest BCUT2D eigenvalue weighted by molar-refractivity contribution is -0.172. The van der Waals surface area contributed by atoms with Crippen LogP contribution in [-0.4, -0.2) is 52.6 Å². The standard InChI is InChI=1S/C24H26N4O4S/c1-31-19-4-2-3-17(13-19)14-26-21(29)20-15-28-11-8-25-23(28)24(32-20)6-9-27(10-7-24)22(30)18-5-12-33-16-18/h2-5,8,11-13,16,20H,6-7,9-10,14-15H2,1H3,(H,26,29). The van der Waals surface area contributed by atoms with Crippen LogP contribution < -0.4 is 10.1 Å². The number of hydrogen-bond donors (Lipinski definition) is 1. The molecule has 0 radical (unpaired) electrons. The molecule has 1 fully saturated rings. The topological polar surface area (TPSA) is 85.7 Å². The molecule has 5 rings (SSSR count). The van der Waals surface area contributed by atoms with Gasteiger partial charge in [0.15, 0.2) is 6.10 Å². The fraction of sp³-hybridized carbons (Fsp3) is 0.375. The fourth-order valence-corrected chi connectivity index (χ4v) is 5.23. The van der Waals surface area contributed by atoms with Gasteiger partial charge in [-0.05, 0) is 29.1 Å². The number of amides is 2. The van der Waals surface area contributed by atoms with E-state index >= 15 is 0 Å². The summed E-state index contributed by atoms with van der Waals surface area (Å²) in [4.78, 5) is 32.2. The van der Waals surface area contributed by atoms with Crippen LogP contribution in [0.3, 0.4) is 0 Å². The molecule has 33 heavy (non-hydrogen) atoms. The van der Waals surface area contributed by atoms with Gasteiger partial charge < -0.3 is 24.3 Å². The molecular formula is C24H26N4O4S. The maximum absolute atomic E-state index is 13.0. The van der Waals surface area contributed by atoms with Gasteiger partial charge in [-0.25, -0.2) is 4.98 Å². The second-order valence-electron chi connectivity index (χ2n) is 8.38. The van der Waals surface area contributed by atoms with Crippen molar-refractivity contribution >= 4 is 23.2 Å². The number of carbonyl (C=O) groups excluding carboxylic acids is 2. The minimum absolute atomic E-state index is 0.0397. The lowest BCUT2D eigenvalue weighted by Crippen LogP contribution is -2.54. The van der Waals surface area contributed by atoms with E-state index in [-0.39, 0.29) is 11.8 Å². The van der Waals surface area contributed by atoms with Crippen molar-refractivity contribution in [3.05, 3.63) is 70.4 Å². The van der Waals surface area contributed by atoms with Gasteiger partial charge in [0.2, 0.25) is 0 Å². The van der Waals surface area contributed by atoms with Crippen molar-refractivity contribution in [3.63, 3.8) is 0 Å². The summed E-state index contributed by atoms with van der Waals surface area (Å²) in [6.45, 7) is 1.92. The van der Waals surface area contributed by atoms with E-state index in [0.717, 1.165) is 22.7 Å². The van der Waals surface area contributed by atoms with Gasteiger partial charge >= 0.3 is 0 Å². The number of carbonyl (C=O) groups is 2. The maximum atomic E-state index is 13.0. The zero-order chi connectivity index (χ0) is 22.8. The molecule has 2 aliphatic rings. The number of rotatable bonds is 5. The number of nitrogens with zero attached hydrogens (tertiary/aromatic N) is 3. The van der Waals surface area contributed by atoms with Gasteiger partial charge in [0, 0.05) is 50.2 Å². The summed E-state index contributed by atoms with van der Waals surface area (Å²) in [5.41, 5.74) is 0.999. The third-order valence-electron chi connectivity index (χ3n) is 6.37. The Balaban J connectivity index is 1.27. The SMILES string of the molecule is COc1cccc(CNC(=O)C2Cn3ccnc3C3(CCN(C(=O)c4ccsc4)CC3)O2)c1. The predicted molar refractivity (Wildman–Crippen MR) is 123 cm³/mol. The van der Waals surface area contributed by atoms with Crippen molar-refractivity contribution in [2.24, 2.45) is 0 Å². The smallest absolute Gasteiger partial charge is 0.254 e. The van der Waals surface area contributed by atoms with Gasteiger partial charge in [-0.3, -0.25) is 9.59 Å². The molecule has 9 heteroatoms. The Bertz CT molecular complexity index is 1140. The summed E-state index contributed by atoms with van der Waals surface area (Å²) in [5, 5.41) is 6.78. The number of nitrogens with one attached hydrogen (secondary N) is 1. The van der Waals surface area contributed by atoms with E-state index in [9.17, 15) is 9.59 Å². The fourth-order valence-electron chi connectivity index (χ4n) is 4.60. The van der Waals surface area contributed by atoms with Crippen molar-refractivity contribution in [1.29, 1.82) is 0 Å². The molecule has 0 saturated carbocycles. The average Bonchev–Trinajstić information content (AvgIpc) is 3.55. The second-order valence-corrected chi connectivity index (χ2v) is 9.16. The minimum Gasteiger partial charge on any atom is -0.497 e. The van der Waals surface area contributed by atoms with Crippen molar-refractivity contribution in [3.8, 4) is 5.75 Å². The van der Waals surface area contributed by atoms with E-state index in [4.69, 9.17) is 9.47 Å². The van der Waals surface area contributed by atoms with Crippen molar-refractivity contribution < 1.29 is 19.1 Å². The van der Waals surface area contributed by atoms with Gasteiger partial charge in [0.05, 0.1) is 19.2 Å². The highest BCUT2D eigenvalue weighted by atomic mass is 32.1. The van der Waals surface area contributed by atoms with E-state index in [2.05, 4.69) is 10.3 Å². The van der Waals surface area contributed by atoms with Crippen molar-refractivity contribution in [1.82, 2.24) is 19.8 Å². The molecule has 1 saturated heterocycles. The van der Waals surface area contributed by atoms with Gasteiger partial charge in [0.25, 0.3) is 11.8 Å². The Morgan fingerprint density at radius 3 is 2.91 bits per heavy atom. The van der Waals surface area contributed by atoms with Gasteiger partial charge in [-0.2, -0.15) is 11.3 Å². The van der Waals surface area contributed by atoms with Crippen LogP contribution >= 0.6 is 11.3 Å². The number of imidazole rings is 1. The Hall–Kier alpha value is -3.17. The largest absolute Gasteiger partial charge is 0.497 e. The summed E-state index contributed by atoms with van der Waals surface area (Å²) in [6, 6.07) is 9.46. The molecule has 2 amide bonds. The lowest BCUT2D eigenvalue weighted by Gasteiger charge is -2.45. The Kier molecular flexibility index (Phi) is 5.90. The number of hydrogen-bond acceptors (Lipinski definition) is 6. The highest BCUT2D eigenvalue weighted by Gasteiger charge is 2.47. The summed E-state index contributed by atoms with van der Waals surface area (Å²) in [7, 11) is 1.62. The number of ether oxygens (including phenoxy) is 2. The van der Waals surface area contributed by atoms with E-state index in [1.165, 1.54) is 11.3 Å². The first kappa shape index (κ1) is 21.7. The number of fused-ring (bicyclic) bond motifs is 2. The monoisotopic (exact) mass is 466 g/mol. The highest BCUT2D eigenvalue weighted by Crippen LogP contribution is 2.40. The number of likely N-dealkylation sites (tertiary alicyclic amines) is 1. The molecule has 2 aliphatic heterocycles. The first-order chi connectivity index (χ1) is 16.1. The predicted octanol–water partition coefficient (Wildman–Crippen LogP) is 2.80. The normalized spacial score (nSPS) is 19.2. The van der Waals surface area contributed by atoms with Crippen LogP contribution in [0.1, 0.15) is 34.6 Å². The van der Waals surface area contributed by atoms with E-state index in [1.807, 2.05) is 56.8 Å². The average molecular weight is 467 g/mol. The molecule has 172 valence electrons. The van der Waals surface area contributed by atoms with Gasteiger partial charge in [-0.15, -0.1) is 0 Å². The van der Waals surface area contributed by atoms with E-state index < -0.39 is 11.7 Å². The van der Waals surface area contributed by atoms with Crippen LogP contribution in [0.4, 0.5) is 0 Å². The van der Waals surface area contributed by atoms with Crippen molar-refractivity contribution in [2.45, 2.75) is 37.6 Å². The zero-order valence-corrected chi connectivity index (χ0v) is 19.2. The molecule has 3 aromatic rings. The van der Waals surface area contributed by atoms with Crippen LogP contribution in [0.2, 0.25) is 0 Å². The third-order valence-corrected chi connectivity index (χ3v) is 7.06. The third kappa shape index (κ3) is 4.26. The van der Waals surface area contributed by atoms with E-state index in [0.29, 0.717) is 39.0 Å². The highest BCUT2D eigenvalue weighted by molar-refractivity contribution is 7.08. The summed E-state index contributed by atoms with van der Waals surface area (Å²) in [5.74, 6) is 1.47. The molecule has 4 heterocycles. The van der Waals surface area contributed by atoms with Crippen molar-refractivity contribution in [2.75, 3.05) is 20.2 Å². The zero-order valence-electron chi connectivity index (χ0n) is 18.4. The Morgan fingerprint density at radius 1 is 1.30 bits per heavy atom. The lowest BCUT2D eigenvalue weighted by atomic mass is 9.88. The molecule has 1 N–H and O–H groups in total. The first-order valence-corrected chi connectivity index (χ1v) is 11.9. The second kappa shape index (κ2) is 8.99. The molecular weight excluding hydrogens is 440 g/mol. The first-order valence-electron chi connectivity index (χ1n) is 11.0. The van der Waals surface area contributed by atoms with Gasteiger partial charge in [0.1, 0.15) is 17.2 Å². The molecule has 0 aliphatic carbocycles. The van der Waals surface area contributed by atoms with Gasteiger partial charge in [-0.1, -0.05) is 12.1 Å². The Morgan fingerprint density at radius 2 is 2.15 bits per heavy atom. The molecule has 1 unspecified atom stereocenters. The Labute approximate surface area is 196 Å². The van der Waals surface area contributed by atoms with Crippen LogP contribution in [0.5, 0.6) is 5.75 Å². The summed E-state index contributed by atoms with van der Waals surface area (Å²) in [6.07, 6.45) is 4.21. The van der Waals surface area contributed by atoms with E-state index in [1.54, 1.807) is 13.3 Å². The van der Waals surface area contributed by atoms with Crippen LogP contribution in [0, 0.1) is 0 Å². The molecule has 0 bridgehead atoms. The molecule has 1 aromatic carbocycles. The molecule has 8 nitrogen and oxygen atoms in total. The number of methoxy groups -OCH3 is 1. The number of piperidine rings is 1. The van der Waals surface area contributed by atoms with Crippen LogP contribution in [-0.2, 0) is 28.2 Å². The number of benzene rings is 1. The minimum atomic E-state index is -0.675. The number of thiophene rings is 1. The molecule has 1 atom stereocenters. The number of aromatic nitrogens is 2. The molecule has 1 spiro atoms. The van der Waals surface area contributed by atoms with Crippen LogP contribution in [0.25, 0.3) is 0 Å². The maximum Gasteiger partial charge on any atom is 0.254 e.